The molecule has 33 heavy (non-hydrogen) atoms. The van der Waals surface area contributed by atoms with E-state index in [1.54, 1.807) is 23.9 Å². The summed E-state index contributed by atoms with van der Waals surface area (Å²) in [6, 6.07) is 4.03. The fourth-order valence-electron chi connectivity index (χ4n) is 4.91. The van der Waals surface area contributed by atoms with E-state index in [1.807, 2.05) is 13.0 Å². The lowest BCUT2D eigenvalue weighted by molar-refractivity contribution is 0.0753. The summed E-state index contributed by atoms with van der Waals surface area (Å²) in [7, 11) is 0. The van der Waals surface area contributed by atoms with Gasteiger partial charge in [0.15, 0.2) is 0 Å². The third-order valence-electron chi connectivity index (χ3n) is 6.71. The zero-order chi connectivity index (χ0) is 22.5. The van der Waals surface area contributed by atoms with E-state index in [9.17, 15) is 0 Å². The number of nitrogens with zero attached hydrogens (tertiary/aromatic N) is 5. The molecular weight excluding hydrogens is 434 g/mol. The van der Waals surface area contributed by atoms with Crippen LogP contribution in [0, 0.1) is 5.92 Å². The van der Waals surface area contributed by atoms with Crippen LogP contribution in [-0.2, 0) is 4.74 Å². The molecule has 7 nitrogen and oxygen atoms in total. The van der Waals surface area contributed by atoms with Gasteiger partial charge in [-0.3, -0.25) is 0 Å². The quantitative estimate of drug-likeness (QED) is 0.430. The third kappa shape index (κ3) is 5.13. The molecule has 0 aromatic carbocycles. The summed E-state index contributed by atoms with van der Waals surface area (Å²) in [4.78, 5) is 19.7. The van der Waals surface area contributed by atoms with Gasteiger partial charge in [0.1, 0.15) is 17.0 Å². The summed E-state index contributed by atoms with van der Waals surface area (Å²) in [6.07, 6.45) is 8.41. The second-order valence-corrected chi connectivity index (χ2v) is 9.73. The minimum atomic E-state index is 0.586. The summed E-state index contributed by atoms with van der Waals surface area (Å²) < 4.78 is 11.9. The summed E-state index contributed by atoms with van der Waals surface area (Å²) >= 11 is 1.65. The minimum Gasteiger partial charge on any atom is -0.478 e. The van der Waals surface area contributed by atoms with Gasteiger partial charge in [0.05, 0.1) is 18.6 Å². The van der Waals surface area contributed by atoms with Crippen molar-refractivity contribution in [3.8, 4) is 17.0 Å². The maximum atomic E-state index is 6.04. The van der Waals surface area contributed by atoms with Crippen LogP contribution >= 0.6 is 11.3 Å². The maximum Gasteiger partial charge on any atom is 0.221 e. The molecule has 0 unspecified atom stereocenters. The van der Waals surface area contributed by atoms with Gasteiger partial charge in [-0.2, -0.15) is 0 Å². The molecule has 176 valence electrons. The molecule has 5 heterocycles. The van der Waals surface area contributed by atoms with Crippen molar-refractivity contribution in [2.24, 2.45) is 5.92 Å². The Morgan fingerprint density at radius 2 is 1.91 bits per heavy atom. The standard InChI is InChI=1S/C25H33N5O2S/c1-2-32-24-20(6-5-9-26-24)21-17-33-25-22(21)23(27-18-28-25)30-12-7-19(8-13-30)16-31-15-14-29-10-3-4-11-29/h5-6,9,17-19H,2-4,7-8,10-16H2,1H3. The number of fused-ring (bicyclic) bond motifs is 1. The van der Waals surface area contributed by atoms with Crippen LogP contribution in [0.2, 0.25) is 0 Å². The first-order valence-corrected chi connectivity index (χ1v) is 13.1. The summed E-state index contributed by atoms with van der Waals surface area (Å²) in [5.41, 5.74) is 2.11. The topological polar surface area (TPSA) is 63.6 Å². The SMILES string of the molecule is CCOc1ncccc1-c1csc2ncnc(N3CCC(COCCN4CCCC4)CC3)c12. The predicted molar refractivity (Wildman–Crippen MR) is 133 cm³/mol. The molecule has 5 rings (SSSR count). The summed E-state index contributed by atoms with van der Waals surface area (Å²) in [5.74, 6) is 2.32. The Hall–Kier alpha value is -2.29. The second-order valence-electron chi connectivity index (χ2n) is 8.87. The molecule has 0 bridgehead atoms. The Labute approximate surface area is 199 Å². The van der Waals surface area contributed by atoms with Crippen molar-refractivity contribution < 1.29 is 9.47 Å². The van der Waals surface area contributed by atoms with Gasteiger partial charge in [-0.05, 0) is 63.7 Å². The molecule has 3 aromatic heterocycles. The van der Waals surface area contributed by atoms with E-state index in [-0.39, 0.29) is 0 Å². The number of piperidine rings is 1. The molecule has 0 spiro atoms. The molecule has 2 aliphatic heterocycles. The number of anilines is 1. The van der Waals surface area contributed by atoms with Gasteiger partial charge in [-0.1, -0.05) is 0 Å². The molecule has 2 fully saturated rings. The second kappa shape index (κ2) is 10.8. The molecule has 0 atom stereocenters. The summed E-state index contributed by atoms with van der Waals surface area (Å²) in [6.45, 7) is 9.85. The number of likely N-dealkylation sites (tertiary alicyclic amines) is 1. The zero-order valence-electron chi connectivity index (χ0n) is 19.4. The van der Waals surface area contributed by atoms with Crippen LogP contribution in [0.3, 0.4) is 0 Å². The fraction of sp³-hybridized carbons (Fsp3) is 0.560. The van der Waals surface area contributed by atoms with Crippen molar-refractivity contribution in [3.63, 3.8) is 0 Å². The van der Waals surface area contributed by atoms with Crippen LogP contribution in [-0.4, -0.2) is 72.4 Å². The number of hydrogen-bond donors (Lipinski definition) is 0. The van der Waals surface area contributed by atoms with Crippen LogP contribution in [0.15, 0.2) is 30.0 Å². The first-order valence-electron chi connectivity index (χ1n) is 12.2. The van der Waals surface area contributed by atoms with Gasteiger partial charge in [0, 0.05) is 48.9 Å². The molecule has 0 radical (unpaired) electrons. The van der Waals surface area contributed by atoms with Crippen molar-refractivity contribution in [1.29, 1.82) is 0 Å². The number of pyridine rings is 1. The highest BCUT2D eigenvalue weighted by Crippen LogP contribution is 2.41. The highest BCUT2D eigenvalue weighted by molar-refractivity contribution is 7.17. The van der Waals surface area contributed by atoms with E-state index in [0.29, 0.717) is 18.4 Å². The highest BCUT2D eigenvalue weighted by atomic mass is 32.1. The molecule has 0 amide bonds. The van der Waals surface area contributed by atoms with E-state index >= 15 is 0 Å². The fourth-order valence-corrected chi connectivity index (χ4v) is 5.81. The Bertz CT molecular complexity index is 1040. The van der Waals surface area contributed by atoms with Crippen molar-refractivity contribution in [3.05, 3.63) is 30.0 Å². The molecule has 8 heteroatoms. The van der Waals surface area contributed by atoms with E-state index < -0.39 is 0 Å². The summed E-state index contributed by atoms with van der Waals surface area (Å²) in [5, 5.41) is 3.26. The van der Waals surface area contributed by atoms with E-state index in [1.165, 1.54) is 25.9 Å². The van der Waals surface area contributed by atoms with E-state index in [4.69, 9.17) is 14.5 Å². The predicted octanol–water partition coefficient (Wildman–Crippen LogP) is 4.48. The van der Waals surface area contributed by atoms with Gasteiger partial charge in [0.2, 0.25) is 5.88 Å². The Balaban J connectivity index is 1.26. The molecular formula is C25H33N5O2S. The van der Waals surface area contributed by atoms with E-state index in [0.717, 1.165) is 72.9 Å². The van der Waals surface area contributed by atoms with Gasteiger partial charge in [0.25, 0.3) is 0 Å². The molecule has 0 saturated carbocycles. The number of thiophene rings is 1. The number of ether oxygens (including phenoxy) is 2. The normalized spacial score (nSPS) is 17.8. The minimum absolute atomic E-state index is 0.586. The van der Waals surface area contributed by atoms with Gasteiger partial charge < -0.3 is 19.3 Å². The van der Waals surface area contributed by atoms with Crippen LogP contribution in [0.4, 0.5) is 5.82 Å². The lowest BCUT2D eigenvalue weighted by Gasteiger charge is -2.33. The molecule has 0 aliphatic carbocycles. The maximum absolute atomic E-state index is 6.04. The third-order valence-corrected chi connectivity index (χ3v) is 7.60. The number of aromatic nitrogens is 3. The van der Waals surface area contributed by atoms with Crippen LogP contribution in [0.5, 0.6) is 5.88 Å². The van der Waals surface area contributed by atoms with Crippen LogP contribution in [0.25, 0.3) is 21.3 Å². The van der Waals surface area contributed by atoms with Crippen molar-refractivity contribution in [2.45, 2.75) is 32.6 Å². The first-order chi connectivity index (χ1) is 16.3. The molecule has 2 aliphatic rings. The number of rotatable bonds is 9. The lowest BCUT2D eigenvalue weighted by Crippen LogP contribution is -2.36. The van der Waals surface area contributed by atoms with Crippen molar-refractivity contribution in [2.75, 3.05) is 57.4 Å². The highest BCUT2D eigenvalue weighted by Gasteiger charge is 2.25. The smallest absolute Gasteiger partial charge is 0.221 e. The first kappa shape index (κ1) is 22.5. The Morgan fingerprint density at radius 3 is 2.73 bits per heavy atom. The Kier molecular flexibility index (Phi) is 7.34. The van der Waals surface area contributed by atoms with Gasteiger partial charge in [-0.15, -0.1) is 11.3 Å². The molecule has 3 aromatic rings. The van der Waals surface area contributed by atoms with Crippen LogP contribution < -0.4 is 9.64 Å². The zero-order valence-corrected chi connectivity index (χ0v) is 20.2. The molecule has 2 saturated heterocycles. The van der Waals surface area contributed by atoms with Crippen molar-refractivity contribution in [1.82, 2.24) is 19.9 Å². The van der Waals surface area contributed by atoms with Gasteiger partial charge >= 0.3 is 0 Å². The average Bonchev–Trinajstić information content (AvgIpc) is 3.53. The monoisotopic (exact) mass is 467 g/mol. The number of hydrogen-bond acceptors (Lipinski definition) is 8. The Morgan fingerprint density at radius 1 is 1.06 bits per heavy atom. The largest absolute Gasteiger partial charge is 0.478 e. The van der Waals surface area contributed by atoms with Crippen molar-refractivity contribution >= 4 is 27.4 Å². The van der Waals surface area contributed by atoms with Crippen LogP contribution in [0.1, 0.15) is 32.6 Å². The average molecular weight is 468 g/mol. The van der Waals surface area contributed by atoms with E-state index in [2.05, 4.69) is 31.2 Å². The lowest BCUT2D eigenvalue weighted by atomic mass is 9.97. The van der Waals surface area contributed by atoms with Gasteiger partial charge in [-0.25, -0.2) is 15.0 Å². The molecule has 0 N–H and O–H groups in total.